The lowest BCUT2D eigenvalue weighted by Crippen LogP contribution is -2.42. The van der Waals surface area contributed by atoms with Gasteiger partial charge in [-0.25, -0.2) is 4.98 Å². The van der Waals surface area contributed by atoms with Gasteiger partial charge in [0, 0.05) is 19.5 Å². The van der Waals surface area contributed by atoms with E-state index in [-0.39, 0.29) is 23.4 Å². The van der Waals surface area contributed by atoms with Gasteiger partial charge < -0.3 is 4.90 Å². The van der Waals surface area contributed by atoms with E-state index in [0.717, 1.165) is 38.5 Å². The van der Waals surface area contributed by atoms with Gasteiger partial charge in [-0.2, -0.15) is 0 Å². The molecule has 0 fully saturated rings. The van der Waals surface area contributed by atoms with E-state index in [0.29, 0.717) is 29.2 Å². The van der Waals surface area contributed by atoms with Crippen molar-refractivity contribution in [3.05, 3.63) is 40.4 Å². The number of para-hydroxylation sites is 1. The number of hydrogen-bond donors (Lipinski definition) is 0. The number of fused-ring (bicyclic) bond motifs is 1. The van der Waals surface area contributed by atoms with Crippen molar-refractivity contribution in [2.75, 3.05) is 6.54 Å². The first-order valence-electron chi connectivity index (χ1n) is 11.6. The fourth-order valence-corrected chi connectivity index (χ4v) is 4.08. The molecule has 30 heavy (non-hydrogen) atoms. The van der Waals surface area contributed by atoms with Gasteiger partial charge in [0.05, 0.1) is 16.9 Å². The van der Waals surface area contributed by atoms with Crippen LogP contribution in [-0.2, 0) is 11.8 Å². The molecular weight excluding hydrogens is 374 g/mol. The van der Waals surface area contributed by atoms with Crippen LogP contribution in [0, 0.1) is 11.8 Å². The fraction of sp³-hybridized carbons (Fsp3) is 0.640. The Bertz CT molecular complexity index is 888. The highest BCUT2D eigenvalue weighted by atomic mass is 16.2. The quantitative estimate of drug-likeness (QED) is 0.490. The number of nitrogens with zero attached hydrogens (tertiary/aromatic N) is 3. The molecule has 5 heteroatoms. The second-order valence-corrected chi connectivity index (χ2v) is 8.74. The standard InChI is InChI=1S/C25H39N3O2/c1-7-10-13-19(8-2)24(29)28(17-16-18(4)5)22(9-3)23-26-21-15-12-11-14-20(21)25(30)27(23)6/h11-12,14-15,18-19,22H,7-10,13,16-17H2,1-6H3. The maximum absolute atomic E-state index is 13.6. The molecule has 0 saturated heterocycles. The van der Waals surface area contributed by atoms with Crippen LogP contribution in [-0.4, -0.2) is 26.9 Å². The smallest absolute Gasteiger partial charge is 0.261 e. The Morgan fingerprint density at radius 3 is 2.40 bits per heavy atom. The van der Waals surface area contributed by atoms with Gasteiger partial charge in [0.15, 0.2) is 0 Å². The van der Waals surface area contributed by atoms with Crippen LogP contribution >= 0.6 is 0 Å². The summed E-state index contributed by atoms with van der Waals surface area (Å²) >= 11 is 0. The van der Waals surface area contributed by atoms with Crippen LogP contribution < -0.4 is 5.56 Å². The molecule has 1 amide bonds. The van der Waals surface area contributed by atoms with Gasteiger partial charge in [-0.15, -0.1) is 0 Å². The van der Waals surface area contributed by atoms with E-state index in [1.165, 1.54) is 0 Å². The summed E-state index contributed by atoms with van der Waals surface area (Å²) in [7, 11) is 1.78. The largest absolute Gasteiger partial charge is 0.332 e. The summed E-state index contributed by atoms with van der Waals surface area (Å²) in [6.45, 7) is 11.4. The lowest BCUT2D eigenvalue weighted by atomic mass is 9.95. The van der Waals surface area contributed by atoms with Crippen molar-refractivity contribution in [2.24, 2.45) is 18.9 Å². The number of carbonyl (C=O) groups is 1. The summed E-state index contributed by atoms with van der Waals surface area (Å²) in [4.78, 5) is 33.5. The number of benzene rings is 1. The molecule has 0 aliphatic carbocycles. The van der Waals surface area contributed by atoms with E-state index in [1.54, 1.807) is 11.6 Å². The third kappa shape index (κ3) is 5.50. The minimum Gasteiger partial charge on any atom is -0.332 e. The van der Waals surface area contributed by atoms with E-state index in [4.69, 9.17) is 4.98 Å². The van der Waals surface area contributed by atoms with E-state index >= 15 is 0 Å². The first kappa shape index (κ1) is 24.1. The molecule has 0 aliphatic rings. The molecule has 1 aromatic heterocycles. The van der Waals surface area contributed by atoms with Gasteiger partial charge in [0.1, 0.15) is 5.82 Å². The highest BCUT2D eigenvalue weighted by Crippen LogP contribution is 2.28. The first-order valence-corrected chi connectivity index (χ1v) is 11.6. The van der Waals surface area contributed by atoms with Crippen LogP contribution in [0.3, 0.4) is 0 Å². The molecule has 1 aromatic carbocycles. The molecular formula is C25H39N3O2. The Balaban J connectivity index is 2.51. The molecule has 0 spiro atoms. The van der Waals surface area contributed by atoms with Crippen LogP contribution in [0.15, 0.2) is 29.1 Å². The zero-order valence-corrected chi connectivity index (χ0v) is 19.6. The third-order valence-corrected chi connectivity index (χ3v) is 6.06. The molecule has 0 bridgehead atoms. The molecule has 0 aliphatic heterocycles. The van der Waals surface area contributed by atoms with Gasteiger partial charge in [-0.05, 0) is 43.7 Å². The van der Waals surface area contributed by atoms with E-state index in [2.05, 4.69) is 34.6 Å². The number of rotatable bonds is 11. The van der Waals surface area contributed by atoms with Gasteiger partial charge >= 0.3 is 0 Å². The monoisotopic (exact) mass is 413 g/mol. The second kappa shape index (κ2) is 11.3. The number of unbranched alkanes of at least 4 members (excludes halogenated alkanes) is 1. The average Bonchev–Trinajstić information content (AvgIpc) is 2.74. The predicted molar refractivity (Wildman–Crippen MR) is 124 cm³/mol. The lowest BCUT2D eigenvalue weighted by molar-refractivity contribution is -0.139. The summed E-state index contributed by atoms with van der Waals surface area (Å²) in [6.07, 6.45) is 5.59. The number of aromatic nitrogens is 2. The van der Waals surface area contributed by atoms with Gasteiger partial charge in [-0.1, -0.05) is 59.6 Å². The summed E-state index contributed by atoms with van der Waals surface area (Å²) in [6, 6.07) is 7.26. The van der Waals surface area contributed by atoms with Crippen molar-refractivity contribution >= 4 is 16.8 Å². The SMILES string of the molecule is CCCCC(CC)C(=O)N(CCC(C)C)C(CC)c1nc2ccccc2c(=O)n1C. The van der Waals surface area contributed by atoms with E-state index < -0.39 is 0 Å². The highest BCUT2D eigenvalue weighted by Gasteiger charge is 2.31. The van der Waals surface area contributed by atoms with E-state index in [1.807, 2.05) is 29.2 Å². The zero-order valence-electron chi connectivity index (χ0n) is 19.6. The van der Waals surface area contributed by atoms with Crippen molar-refractivity contribution in [1.29, 1.82) is 0 Å². The maximum atomic E-state index is 13.6. The molecule has 5 nitrogen and oxygen atoms in total. The number of carbonyl (C=O) groups excluding carboxylic acids is 1. The average molecular weight is 414 g/mol. The van der Waals surface area contributed by atoms with Crippen LogP contribution in [0.25, 0.3) is 10.9 Å². The molecule has 1 heterocycles. The van der Waals surface area contributed by atoms with Crippen LogP contribution in [0.1, 0.15) is 85.0 Å². The van der Waals surface area contributed by atoms with Gasteiger partial charge in [-0.3, -0.25) is 14.2 Å². The molecule has 0 N–H and O–H groups in total. The molecule has 0 radical (unpaired) electrons. The van der Waals surface area contributed by atoms with Gasteiger partial charge in [0.2, 0.25) is 5.91 Å². The first-order chi connectivity index (χ1) is 14.3. The number of hydrogen-bond acceptors (Lipinski definition) is 3. The van der Waals surface area contributed by atoms with Gasteiger partial charge in [0.25, 0.3) is 5.56 Å². The fourth-order valence-electron chi connectivity index (χ4n) is 4.08. The second-order valence-electron chi connectivity index (χ2n) is 8.74. The van der Waals surface area contributed by atoms with Crippen LogP contribution in [0.2, 0.25) is 0 Å². The summed E-state index contributed by atoms with van der Waals surface area (Å²) in [5, 5.41) is 0.619. The van der Waals surface area contributed by atoms with Crippen molar-refractivity contribution in [3.8, 4) is 0 Å². The Hall–Kier alpha value is -2.17. The number of amides is 1. The Labute approximate surface area is 181 Å². The Kier molecular flexibility index (Phi) is 9.07. The Morgan fingerprint density at radius 2 is 1.80 bits per heavy atom. The Morgan fingerprint density at radius 1 is 1.10 bits per heavy atom. The lowest BCUT2D eigenvalue weighted by Gasteiger charge is -2.35. The van der Waals surface area contributed by atoms with Crippen molar-refractivity contribution < 1.29 is 4.79 Å². The molecule has 166 valence electrons. The molecule has 2 rings (SSSR count). The summed E-state index contributed by atoms with van der Waals surface area (Å²) < 4.78 is 1.64. The van der Waals surface area contributed by atoms with Crippen molar-refractivity contribution in [1.82, 2.24) is 14.5 Å². The maximum Gasteiger partial charge on any atom is 0.261 e. The van der Waals surface area contributed by atoms with Crippen LogP contribution in [0.4, 0.5) is 0 Å². The zero-order chi connectivity index (χ0) is 22.3. The highest BCUT2D eigenvalue weighted by molar-refractivity contribution is 5.80. The topological polar surface area (TPSA) is 55.2 Å². The summed E-state index contributed by atoms with van der Waals surface area (Å²) in [5.74, 6) is 1.43. The third-order valence-electron chi connectivity index (χ3n) is 6.06. The molecule has 2 atom stereocenters. The molecule has 2 unspecified atom stereocenters. The normalized spacial score (nSPS) is 13.6. The summed E-state index contributed by atoms with van der Waals surface area (Å²) in [5.41, 5.74) is 0.645. The van der Waals surface area contributed by atoms with Crippen LogP contribution in [0.5, 0.6) is 0 Å². The van der Waals surface area contributed by atoms with Crippen molar-refractivity contribution in [3.63, 3.8) is 0 Å². The molecule has 2 aromatic rings. The van der Waals surface area contributed by atoms with E-state index in [9.17, 15) is 9.59 Å². The van der Waals surface area contributed by atoms with Crippen molar-refractivity contribution in [2.45, 2.75) is 79.2 Å². The molecule has 0 saturated carbocycles. The predicted octanol–water partition coefficient (Wildman–Crippen LogP) is 5.48. The minimum absolute atomic E-state index is 0.0312. The minimum atomic E-state index is -0.200.